The molecule has 1 aromatic heterocycles. The van der Waals surface area contributed by atoms with Crippen LogP contribution in [0.25, 0.3) is 0 Å². The highest BCUT2D eigenvalue weighted by atomic mass is 16.5. The van der Waals surface area contributed by atoms with Crippen LogP contribution in [0.3, 0.4) is 0 Å². The van der Waals surface area contributed by atoms with E-state index in [2.05, 4.69) is 15.6 Å². The first-order chi connectivity index (χ1) is 12.0. The Balaban J connectivity index is 2.01. The van der Waals surface area contributed by atoms with Gasteiger partial charge < -0.3 is 20.3 Å². The molecule has 1 aromatic carbocycles. The molecular weight excluding hydrogens is 320 g/mol. The first-order valence-corrected chi connectivity index (χ1v) is 7.84. The van der Waals surface area contributed by atoms with Crippen LogP contribution >= 0.6 is 0 Å². The predicted octanol–water partition coefficient (Wildman–Crippen LogP) is 1.63. The number of hydrogen-bond acceptors (Lipinski definition) is 5. The van der Waals surface area contributed by atoms with E-state index in [0.717, 1.165) is 6.54 Å². The zero-order valence-electron chi connectivity index (χ0n) is 14.6. The molecule has 2 N–H and O–H groups in total. The van der Waals surface area contributed by atoms with Crippen molar-refractivity contribution in [3.63, 3.8) is 0 Å². The molecule has 25 heavy (non-hydrogen) atoms. The van der Waals surface area contributed by atoms with Crippen molar-refractivity contribution in [3.8, 4) is 5.75 Å². The van der Waals surface area contributed by atoms with Gasteiger partial charge in [0, 0.05) is 30.5 Å². The van der Waals surface area contributed by atoms with Gasteiger partial charge in [-0.25, -0.2) is 0 Å². The Bertz CT molecular complexity index is 729. The maximum atomic E-state index is 12.3. The summed E-state index contributed by atoms with van der Waals surface area (Å²) in [5.74, 6) is 0.0865. The van der Waals surface area contributed by atoms with Crippen molar-refractivity contribution >= 4 is 17.5 Å². The molecule has 0 fully saturated rings. The van der Waals surface area contributed by atoms with Crippen LogP contribution < -0.4 is 15.4 Å². The molecule has 0 aliphatic heterocycles. The van der Waals surface area contributed by atoms with Crippen LogP contribution in [0.5, 0.6) is 5.75 Å². The first kappa shape index (κ1) is 18.4. The second-order valence-corrected chi connectivity index (χ2v) is 5.67. The van der Waals surface area contributed by atoms with Crippen molar-refractivity contribution < 1.29 is 14.3 Å². The highest BCUT2D eigenvalue weighted by Crippen LogP contribution is 2.15. The lowest BCUT2D eigenvalue weighted by atomic mass is 10.2. The van der Waals surface area contributed by atoms with E-state index < -0.39 is 0 Å². The minimum absolute atomic E-state index is 0.177. The van der Waals surface area contributed by atoms with E-state index in [1.807, 2.05) is 19.0 Å². The molecule has 132 valence electrons. The summed E-state index contributed by atoms with van der Waals surface area (Å²) in [6, 6.07) is 10.0. The minimum atomic E-state index is -0.381. The smallest absolute Gasteiger partial charge is 0.274 e. The van der Waals surface area contributed by atoms with Gasteiger partial charge in [0.2, 0.25) is 0 Å². The second-order valence-electron chi connectivity index (χ2n) is 5.67. The lowest BCUT2D eigenvalue weighted by Gasteiger charge is -2.11. The van der Waals surface area contributed by atoms with E-state index in [9.17, 15) is 9.59 Å². The van der Waals surface area contributed by atoms with Gasteiger partial charge >= 0.3 is 0 Å². The van der Waals surface area contributed by atoms with Gasteiger partial charge in [-0.1, -0.05) is 0 Å². The Labute approximate surface area is 147 Å². The summed E-state index contributed by atoms with van der Waals surface area (Å²) in [5, 5.41) is 5.54. The van der Waals surface area contributed by atoms with Gasteiger partial charge in [-0.3, -0.25) is 14.6 Å². The van der Waals surface area contributed by atoms with Crippen molar-refractivity contribution in [2.24, 2.45) is 0 Å². The number of aromatic nitrogens is 1. The standard InChI is InChI=1S/C18H22N4O3/c1-22(2)11-10-20-17(23)13-8-9-19-16(12-13)18(24)21-14-4-6-15(25-3)7-5-14/h4-9,12H,10-11H2,1-3H3,(H,20,23)(H,21,24). The summed E-state index contributed by atoms with van der Waals surface area (Å²) in [5.41, 5.74) is 1.19. The lowest BCUT2D eigenvalue weighted by molar-refractivity contribution is 0.0951. The molecule has 0 radical (unpaired) electrons. The maximum absolute atomic E-state index is 12.3. The number of likely N-dealkylation sites (N-methyl/N-ethyl adjacent to an activating group) is 1. The molecule has 0 unspecified atom stereocenters. The van der Waals surface area contributed by atoms with E-state index in [4.69, 9.17) is 4.74 Å². The van der Waals surface area contributed by atoms with Gasteiger partial charge in [0.25, 0.3) is 11.8 Å². The first-order valence-electron chi connectivity index (χ1n) is 7.84. The van der Waals surface area contributed by atoms with Gasteiger partial charge in [0.05, 0.1) is 7.11 Å². The van der Waals surface area contributed by atoms with E-state index in [1.165, 1.54) is 12.3 Å². The summed E-state index contributed by atoms with van der Waals surface area (Å²) in [4.78, 5) is 30.4. The third kappa shape index (κ3) is 5.58. The number of carbonyl (C=O) groups excluding carboxylic acids is 2. The quantitative estimate of drug-likeness (QED) is 0.799. The number of ether oxygens (including phenoxy) is 1. The SMILES string of the molecule is COc1ccc(NC(=O)c2cc(C(=O)NCCN(C)C)ccn2)cc1. The highest BCUT2D eigenvalue weighted by Gasteiger charge is 2.12. The summed E-state index contributed by atoms with van der Waals surface area (Å²) < 4.78 is 5.08. The molecule has 0 saturated carbocycles. The number of methoxy groups -OCH3 is 1. The summed E-state index contributed by atoms with van der Waals surface area (Å²) >= 11 is 0. The van der Waals surface area contributed by atoms with Gasteiger partial charge in [-0.15, -0.1) is 0 Å². The molecule has 7 nitrogen and oxygen atoms in total. The van der Waals surface area contributed by atoms with Gasteiger partial charge in [0.1, 0.15) is 11.4 Å². The molecule has 2 aromatic rings. The average molecular weight is 342 g/mol. The average Bonchev–Trinajstić information content (AvgIpc) is 2.62. The van der Waals surface area contributed by atoms with E-state index in [1.54, 1.807) is 37.4 Å². The van der Waals surface area contributed by atoms with E-state index >= 15 is 0 Å². The molecule has 1 heterocycles. The van der Waals surface area contributed by atoms with Gasteiger partial charge in [-0.05, 0) is 50.5 Å². The fourth-order valence-electron chi connectivity index (χ4n) is 2.06. The molecule has 0 atom stereocenters. The number of nitrogens with one attached hydrogen (secondary N) is 2. The molecule has 2 rings (SSSR count). The predicted molar refractivity (Wildman–Crippen MR) is 96.1 cm³/mol. The van der Waals surface area contributed by atoms with Crippen LogP contribution in [-0.4, -0.2) is 56.0 Å². The highest BCUT2D eigenvalue weighted by molar-refractivity contribution is 6.04. The zero-order valence-corrected chi connectivity index (χ0v) is 14.6. The number of anilines is 1. The number of pyridine rings is 1. The van der Waals surface area contributed by atoms with Crippen LogP contribution in [0.15, 0.2) is 42.6 Å². The fourth-order valence-corrected chi connectivity index (χ4v) is 2.06. The second kappa shape index (κ2) is 8.79. The maximum Gasteiger partial charge on any atom is 0.274 e. The van der Waals surface area contributed by atoms with Crippen molar-refractivity contribution in [1.82, 2.24) is 15.2 Å². The van der Waals surface area contributed by atoms with Crippen LogP contribution in [0.1, 0.15) is 20.8 Å². The van der Waals surface area contributed by atoms with Crippen molar-refractivity contribution in [2.45, 2.75) is 0 Å². The Morgan fingerprint density at radius 3 is 2.48 bits per heavy atom. The number of carbonyl (C=O) groups is 2. The molecule has 0 bridgehead atoms. The largest absolute Gasteiger partial charge is 0.497 e. The minimum Gasteiger partial charge on any atom is -0.497 e. The van der Waals surface area contributed by atoms with E-state index in [0.29, 0.717) is 23.5 Å². The molecule has 0 spiro atoms. The number of benzene rings is 1. The van der Waals surface area contributed by atoms with Gasteiger partial charge in [0.15, 0.2) is 0 Å². The molecule has 2 amide bonds. The van der Waals surface area contributed by atoms with Crippen LogP contribution in [0.2, 0.25) is 0 Å². The molecule has 0 saturated heterocycles. The fraction of sp³-hybridized carbons (Fsp3) is 0.278. The van der Waals surface area contributed by atoms with Crippen molar-refractivity contribution in [3.05, 3.63) is 53.9 Å². The summed E-state index contributed by atoms with van der Waals surface area (Å²) in [7, 11) is 5.44. The van der Waals surface area contributed by atoms with Crippen LogP contribution in [-0.2, 0) is 0 Å². The Kier molecular flexibility index (Phi) is 6.47. The number of nitrogens with zero attached hydrogens (tertiary/aromatic N) is 2. The monoisotopic (exact) mass is 342 g/mol. The number of hydrogen-bond donors (Lipinski definition) is 2. The molecule has 0 aliphatic carbocycles. The van der Waals surface area contributed by atoms with Crippen molar-refractivity contribution in [1.29, 1.82) is 0 Å². The Morgan fingerprint density at radius 1 is 1.12 bits per heavy atom. The van der Waals surface area contributed by atoms with Crippen LogP contribution in [0, 0.1) is 0 Å². The third-order valence-electron chi connectivity index (χ3n) is 3.45. The Hall–Kier alpha value is -2.93. The third-order valence-corrected chi connectivity index (χ3v) is 3.45. The Morgan fingerprint density at radius 2 is 1.84 bits per heavy atom. The summed E-state index contributed by atoms with van der Waals surface area (Å²) in [6.07, 6.45) is 1.45. The molecule has 7 heteroatoms. The summed E-state index contributed by atoms with van der Waals surface area (Å²) in [6.45, 7) is 1.27. The van der Waals surface area contributed by atoms with Crippen molar-refractivity contribution in [2.75, 3.05) is 39.6 Å². The normalized spacial score (nSPS) is 10.4. The van der Waals surface area contributed by atoms with Crippen LogP contribution in [0.4, 0.5) is 5.69 Å². The van der Waals surface area contributed by atoms with E-state index in [-0.39, 0.29) is 17.5 Å². The van der Waals surface area contributed by atoms with Gasteiger partial charge in [-0.2, -0.15) is 0 Å². The number of amides is 2. The lowest BCUT2D eigenvalue weighted by Crippen LogP contribution is -2.31. The number of rotatable bonds is 7. The topological polar surface area (TPSA) is 83.6 Å². The zero-order chi connectivity index (χ0) is 18.2. The molecule has 0 aliphatic rings. The molecular formula is C18H22N4O3.